The molecule has 0 aliphatic heterocycles. The van der Waals surface area contributed by atoms with Crippen molar-refractivity contribution >= 4 is 30.7 Å². The maximum absolute atomic E-state index is 12.4. The highest BCUT2D eigenvalue weighted by Gasteiger charge is 2.23. The summed E-state index contributed by atoms with van der Waals surface area (Å²) in [6.45, 7) is 8.78. The standard InChI is InChI=1S/C21H29N3O.2ClH/c1-15-10-12-18(13-11-15)19(22)20(25)23-14-21(3,4)24-16(2)17-8-6-5-7-9-17;;/h5-13,16,19,24H,14,22H2,1-4H3,(H,23,25);2*1H. The molecule has 0 saturated carbocycles. The van der Waals surface area contributed by atoms with Crippen molar-refractivity contribution in [1.29, 1.82) is 0 Å². The molecule has 0 aliphatic carbocycles. The van der Waals surface area contributed by atoms with E-state index in [1.165, 1.54) is 5.56 Å². The van der Waals surface area contributed by atoms with E-state index in [4.69, 9.17) is 5.73 Å². The smallest absolute Gasteiger partial charge is 0.241 e. The van der Waals surface area contributed by atoms with Crippen LogP contribution in [-0.2, 0) is 4.79 Å². The van der Waals surface area contributed by atoms with Crippen LogP contribution in [-0.4, -0.2) is 18.0 Å². The number of benzene rings is 2. The van der Waals surface area contributed by atoms with E-state index in [0.29, 0.717) is 6.54 Å². The van der Waals surface area contributed by atoms with Crippen LogP contribution in [0.15, 0.2) is 54.6 Å². The average molecular weight is 412 g/mol. The highest BCUT2D eigenvalue weighted by atomic mass is 35.5. The van der Waals surface area contributed by atoms with Gasteiger partial charge in [0.25, 0.3) is 0 Å². The fourth-order valence-corrected chi connectivity index (χ4v) is 2.81. The summed E-state index contributed by atoms with van der Waals surface area (Å²) < 4.78 is 0. The van der Waals surface area contributed by atoms with Crippen LogP contribution in [0.25, 0.3) is 0 Å². The average Bonchev–Trinajstić information content (AvgIpc) is 2.60. The number of halogens is 2. The Morgan fingerprint density at radius 2 is 1.56 bits per heavy atom. The predicted octanol–water partition coefficient (Wildman–Crippen LogP) is 4.08. The van der Waals surface area contributed by atoms with Crippen LogP contribution in [0.3, 0.4) is 0 Å². The molecule has 4 N–H and O–H groups in total. The molecule has 0 radical (unpaired) electrons. The number of hydrogen-bond donors (Lipinski definition) is 3. The third-order valence-electron chi connectivity index (χ3n) is 4.33. The van der Waals surface area contributed by atoms with Crippen LogP contribution in [0.1, 0.15) is 49.5 Å². The lowest BCUT2D eigenvalue weighted by Crippen LogP contribution is -2.51. The van der Waals surface area contributed by atoms with Gasteiger partial charge in [-0.2, -0.15) is 0 Å². The molecule has 2 aromatic rings. The quantitative estimate of drug-likeness (QED) is 0.642. The van der Waals surface area contributed by atoms with E-state index < -0.39 is 6.04 Å². The van der Waals surface area contributed by atoms with Crippen molar-refractivity contribution in [2.45, 2.75) is 45.3 Å². The van der Waals surface area contributed by atoms with E-state index in [2.05, 4.69) is 43.5 Å². The molecule has 1 amide bonds. The molecule has 27 heavy (non-hydrogen) atoms. The van der Waals surface area contributed by atoms with Crippen molar-refractivity contribution < 1.29 is 4.79 Å². The minimum atomic E-state index is -0.650. The van der Waals surface area contributed by atoms with Gasteiger partial charge in [0, 0.05) is 18.1 Å². The summed E-state index contributed by atoms with van der Waals surface area (Å²) in [5, 5.41) is 6.52. The first-order valence-corrected chi connectivity index (χ1v) is 8.71. The Bertz CT molecular complexity index is 690. The fourth-order valence-electron chi connectivity index (χ4n) is 2.81. The van der Waals surface area contributed by atoms with Crippen molar-refractivity contribution in [3.05, 3.63) is 71.3 Å². The zero-order valence-corrected chi connectivity index (χ0v) is 18.0. The Kier molecular flexibility index (Phi) is 10.6. The number of aryl methyl sites for hydroxylation is 1. The summed E-state index contributed by atoms with van der Waals surface area (Å²) in [7, 11) is 0. The number of amides is 1. The molecule has 0 aliphatic rings. The molecule has 4 nitrogen and oxygen atoms in total. The number of carbonyl (C=O) groups is 1. The molecule has 0 aromatic heterocycles. The molecular weight excluding hydrogens is 381 g/mol. The van der Waals surface area contributed by atoms with E-state index in [1.807, 2.05) is 49.4 Å². The number of nitrogens with one attached hydrogen (secondary N) is 2. The van der Waals surface area contributed by atoms with Gasteiger partial charge in [0.05, 0.1) is 0 Å². The molecule has 0 fully saturated rings. The first kappa shape index (κ1) is 25.4. The Morgan fingerprint density at radius 1 is 1.00 bits per heavy atom. The second-order valence-electron chi connectivity index (χ2n) is 7.27. The van der Waals surface area contributed by atoms with Gasteiger partial charge in [0.15, 0.2) is 0 Å². The number of hydrogen-bond acceptors (Lipinski definition) is 3. The molecular formula is C21H31Cl2N3O. The topological polar surface area (TPSA) is 67.2 Å². The van der Waals surface area contributed by atoms with Crippen LogP contribution in [0.2, 0.25) is 0 Å². The minimum Gasteiger partial charge on any atom is -0.353 e. The summed E-state index contributed by atoms with van der Waals surface area (Å²) in [6.07, 6.45) is 0. The van der Waals surface area contributed by atoms with Crippen molar-refractivity contribution in [2.24, 2.45) is 5.73 Å². The molecule has 0 heterocycles. The van der Waals surface area contributed by atoms with E-state index in [-0.39, 0.29) is 42.3 Å². The van der Waals surface area contributed by atoms with Crippen molar-refractivity contribution in [2.75, 3.05) is 6.54 Å². The Morgan fingerprint density at radius 3 is 2.11 bits per heavy atom. The van der Waals surface area contributed by atoms with Gasteiger partial charge in [0.2, 0.25) is 5.91 Å². The van der Waals surface area contributed by atoms with Gasteiger partial charge in [-0.15, -0.1) is 24.8 Å². The normalized spacial score (nSPS) is 12.9. The van der Waals surface area contributed by atoms with Crippen LogP contribution >= 0.6 is 24.8 Å². The maximum atomic E-state index is 12.4. The van der Waals surface area contributed by atoms with E-state index in [9.17, 15) is 4.79 Å². The fraction of sp³-hybridized carbons (Fsp3) is 0.381. The summed E-state index contributed by atoms with van der Waals surface area (Å²) in [5.74, 6) is -0.161. The number of carbonyl (C=O) groups excluding carboxylic acids is 1. The number of rotatable bonds is 7. The molecule has 2 aromatic carbocycles. The molecule has 2 atom stereocenters. The molecule has 2 unspecified atom stereocenters. The zero-order chi connectivity index (χ0) is 18.4. The van der Waals surface area contributed by atoms with Gasteiger partial charge in [-0.1, -0.05) is 60.2 Å². The van der Waals surface area contributed by atoms with Gasteiger partial charge in [0.1, 0.15) is 6.04 Å². The first-order valence-electron chi connectivity index (χ1n) is 8.71. The monoisotopic (exact) mass is 411 g/mol. The van der Waals surface area contributed by atoms with Crippen LogP contribution in [0, 0.1) is 6.92 Å². The van der Waals surface area contributed by atoms with Crippen molar-refractivity contribution in [3.8, 4) is 0 Å². The third-order valence-corrected chi connectivity index (χ3v) is 4.33. The molecule has 2 rings (SSSR count). The van der Waals surface area contributed by atoms with Crippen molar-refractivity contribution in [1.82, 2.24) is 10.6 Å². The molecule has 150 valence electrons. The van der Waals surface area contributed by atoms with Gasteiger partial charge in [-0.25, -0.2) is 0 Å². The second-order valence-corrected chi connectivity index (χ2v) is 7.27. The van der Waals surface area contributed by atoms with Crippen molar-refractivity contribution in [3.63, 3.8) is 0 Å². The minimum absolute atomic E-state index is 0. The Labute approximate surface area is 175 Å². The molecule has 0 bridgehead atoms. The Hall–Kier alpha value is -1.59. The summed E-state index contributed by atoms with van der Waals surface area (Å²) >= 11 is 0. The lowest BCUT2D eigenvalue weighted by atomic mass is 10.00. The lowest BCUT2D eigenvalue weighted by Gasteiger charge is -2.31. The summed E-state index contributed by atoms with van der Waals surface area (Å²) in [5.41, 5.74) is 9.02. The highest BCUT2D eigenvalue weighted by Crippen LogP contribution is 2.16. The SMILES string of the molecule is Cc1ccc(C(N)C(=O)NCC(C)(C)NC(C)c2ccccc2)cc1.Cl.Cl. The largest absolute Gasteiger partial charge is 0.353 e. The maximum Gasteiger partial charge on any atom is 0.241 e. The zero-order valence-electron chi connectivity index (χ0n) is 16.4. The highest BCUT2D eigenvalue weighted by molar-refractivity contribution is 5.85. The van der Waals surface area contributed by atoms with E-state index in [1.54, 1.807) is 0 Å². The van der Waals surface area contributed by atoms with Gasteiger partial charge in [-0.05, 0) is 38.8 Å². The third kappa shape index (κ3) is 7.89. The van der Waals surface area contributed by atoms with Crippen LogP contribution in [0.4, 0.5) is 0 Å². The van der Waals surface area contributed by atoms with Gasteiger partial charge >= 0.3 is 0 Å². The summed E-state index contributed by atoms with van der Waals surface area (Å²) in [6, 6.07) is 17.5. The first-order chi connectivity index (χ1) is 11.8. The Balaban J connectivity index is 0.00000338. The molecule has 6 heteroatoms. The summed E-state index contributed by atoms with van der Waals surface area (Å²) in [4.78, 5) is 12.4. The van der Waals surface area contributed by atoms with E-state index >= 15 is 0 Å². The van der Waals surface area contributed by atoms with Crippen LogP contribution < -0.4 is 16.4 Å². The van der Waals surface area contributed by atoms with E-state index in [0.717, 1.165) is 11.1 Å². The molecule has 0 saturated heterocycles. The lowest BCUT2D eigenvalue weighted by molar-refractivity contribution is -0.122. The van der Waals surface area contributed by atoms with Gasteiger partial charge < -0.3 is 16.4 Å². The van der Waals surface area contributed by atoms with Gasteiger partial charge in [-0.3, -0.25) is 4.79 Å². The predicted molar refractivity (Wildman–Crippen MR) is 118 cm³/mol. The molecule has 0 spiro atoms. The second kappa shape index (κ2) is 11.3. The van der Waals surface area contributed by atoms with Crippen LogP contribution in [0.5, 0.6) is 0 Å². The number of nitrogens with two attached hydrogens (primary N) is 1.